The average molecular weight is 1090 g/mol. The lowest BCUT2D eigenvalue weighted by Crippen LogP contribution is -2.60. The Kier molecular flexibility index (Phi) is 35.7. The highest BCUT2D eigenvalue weighted by atomic mass is 16.4. The van der Waals surface area contributed by atoms with E-state index in [0.29, 0.717) is 51.6 Å². The Labute approximate surface area is 445 Å². The lowest BCUT2D eigenvalue weighted by Gasteiger charge is -2.28. The van der Waals surface area contributed by atoms with Crippen molar-refractivity contribution in [2.24, 2.45) is 67.7 Å². The average Bonchev–Trinajstić information content (AvgIpc) is 3.35. The van der Waals surface area contributed by atoms with Gasteiger partial charge in [-0.3, -0.25) is 48.3 Å². The van der Waals surface area contributed by atoms with E-state index in [9.17, 15) is 53.4 Å². The first kappa shape index (κ1) is 69.6. The molecular formula is C47H92N18O11. The van der Waals surface area contributed by atoms with E-state index in [1.165, 1.54) is 6.92 Å². The van der Waals surface area contributed by atoms with Crippen molar-refractivity contribution in [3.05, 3.63) is 0 Å². The summed E-state index contributed by atoms with van der Waals surface area (Å²) in [6, 6.07) is -11.4. The normalized spacial score (nSPS) is 14.7. The molecule has 0 aliphatic rings. The molecule has 0 bridgehead atoms. The smallest absolute Gasteiger partial charge is 0.326 e. The van der Waals surface area contributed by atoms with Crippen LogP contribution in [0.1, 0.15) is 125 Å². The SMILES string of the molecule is CC(C)C[C@H](NC(=O)[C@H](CCCCN)NC(=O)[C@H](CCCN=C(N)N)NC(=O)[C@H](CCCCN)NC(=O)[C@H](C)NC(=O)[C@@H](NC(=O)[C@H](CCCN=C(N)N)NC(=O)[C@H](CCCCN)NC(=O)[C@@H](N)CO)C(C)C)C(=O)O. The maximum atomic E-state index is 14.1. The molecule has 0 heterocycles. The minimum Gasteiger partial charge on any atom is -0.480 e. The fourth-order valence-electron chi connectivity index (χ4n) is 7.43. The Balaban J connectivity index is 6.62. The monoisotopic (exact) mass is 1080 g/mol. The van der Waals surface area contributed by atoms with Crippen LogP contribution in [0.5, 0.6) is 0 Å². The summed E-state index contributed by atoms with van der Waals surface area (Å²) in [5, 5.41) is 40.0. The van der Waals surface area contributed by atoms with Crippen LogP contribution in [0.3, 0.4) is 0 Å². The van der Waals surface area contributed by atoms with E-state index in [2.05, 4.69) is 52.5 Å². The third kappa shape index (κ3) is 29.6. The van der Waals surface area contributed by atoms with Gasteiger partial charge >= 0.3 is 5.97 Å². The van der Waals surface area contributed by atoms with Crippen molar-refractivity contribution in [3.63, 3.8) is 0 Å². The van der Waals surface area contributed by atoms with Crippen molar-refractivity contribution >= 4 is 65.1 Å². The van der Waals surface area contributed by atoms with E-state index in [-0.39, 0.29) is 88.8 Å². The summed E-state index contributed by atoms with van der Waals surface area (Å²) in [6.45, 7) is 8.51. The molecule has 29 nitrogen and oxygen atoms in total. The molecule has 0 saturated carbocycles. The Morgan fingerprint density at radius 2 is 0.763 bits per heavy atom. The number of carbonyl (C=O) groups is 9. The molecule has 9 atom stereocenters. The second-order valence-electron chi connectivity index (χ2n) is 19.3. The number of carboxylic acid groups (broad SMARTS) is 1. The third-order valence-corrected chi connectivity index (χ3v) is 11.8. The molecule has 0 saturated heterocycles. The molecule has 26 N–H and O–H groups in total. The number of unbranched alkanes of at least 4 members (excludes halogenated alkanes) is 3. The van der Waals surface area contributed by atoms with Crippen molar-refractivity contribution in [2.75, 3.05) is 39.3 Å². The zero-order valence-electron chi connectivity index (χ0n) is 45.1. The number of guanidine groups is 2. The molecule has 0 aromatic rings. The van der Waals surface area contributed by atoms with Gasteiger partial charge in [0.15, 0.2) is 11.9 Å². The summed E-state index contributed by atoms with van der Waals surface area (Å²) in [5.74, 6) is -8.64. The molecular weight excluding hydrogens is 993 g/mol. The van der Waals surface area contributed by atoms with E-state index in [4.69, 9.17) is 45.9 Å². The van der Waals surface area contributed by atoms with Gasteiger partial charge in [-0.1, -0.05) is 27.7 Å². The van der Waals surface area contributed by atoms with E-state index in [1.807, 2.05) is 0 Å². The number of hydrogen-bond acceptors (Lipinski definition) is 16. The predicted octanol–water partition coefficient (Wildman–Crippen LogP) is -5.51. The molecule has 0 aliphatic heterocycles. The molecule has 0 rings (SSSR count). The maximum Gasteiger partial charge on any atom is 0.326 e. The van der Waals surface area contributed by atoms with Crippen LogP contribution in [0, 0.1) is 11.8 Å². The predicted molar refractivity (Wildman–Crippen MR) is 287 cm³/mol. The second-order valence-corrected chi connectivity index (χ2v) is 19.3. The quantitative estimate of drug-likeness (QED) is 0.0154. The number of rotatable bonds is 41. The van der Waals surface area contributed by atoms with Crippen molar-refractivity contribution < 1.29 is 53.4 Å². The molecule has 0 radical (unpaired) electrons. The number of hydrogen-bond donors (Lipinski definition) is 18. The van der Waals surface area contributed by atoms with E-state index >= 15 is 0 Å². The summed E-state index contributed by atoms with van der Waals surface area (Å²) in [7, 11) is 0. The number of carboxylic acids is 1. The number of aliphatic carboxylic acids is 1. The Morgan fingerprint density at radius 1 is 0.434 bits per heavy atom. The summed E-state index contributed by atoms with van der Waals surface area (Å²) < 4.78 is 0. The summed E-state index contributed by atoms with van der Waals surface area (Å²) in [6.07, 6.45) is 3.31. The molecule has 0 aromatic heterocycles. The number of aliphatic hydroxyl groups is 1. The molecule has 436 valence electrons. The van der Waals surface area contributed by atoms with Gasteiger partial charge in [0.05, 0.1) is 6.61 Å². The van der Waals surface area contributed by atoms with E-state index in [1.54, 1.807) is 27.7 Å². The summed E-state index contributed by atoms with van der Waals surface area (Å²) >= 11 is 0. The van der Waals surface area contributed by atoms with Gasteiger partial charge in [0.1, 0.15) is 54.4 Å². The Morgan fingerprint density at radius 3 is 1.08 bits per heavy atom. The highest BCUT2D eigenvalue weighted by Gasteiger charge is 2.35. The minimum atomic E-state index is -1.32. The minimum absolute atomic E-state index is 0.0258. The zero-order valence-corrected chi connectivity index (χ0v) is 45.1. The second kappa shape index (κ2) is 39.0. The van der Waals surface area contributed by atoms with Crippen LogP contribution in [0.2, 0.25) is 0 Å². The van der Waals surface area contributed by atoms with Gasteiger partial charge in [-0.05, 0) is 128 Å². The zero-order chi connectivity index (χ0) is 57.9. The first-order valence-electron chi connectivity index (χ1n) is 26.1. The van der Waals surface area contributed by atoms with Gasteiger partial charge in [-0.2, -0.15) is 0 Å². The highest BCUT2D eigenvalue weighted by Crippen LogP contribution is 2.12. The van der Waals surface area contributed by atoms with Crippen LogP contribution in [0.4, 0.5) is 0 Å². The first-order valence-corrected chi connectivity index (χ1v) is 26.1. The van der Waals surface area contributed by atoms with E-state index in [0.717, 1.165) is 0 Å². The van der Waals surface area contributed by atoms with Crippen LogP contribution < -0.4 is 88.4 Å². The maximum absolute atomic E-state index is 14.1. The van der Waals surface area contributed by atoms with Gasteiger partial charge in [0.25, 0.3) is 0 Å². The van der Waals surface area contributed by atoms with Crippen molar-refractivity contribution in [2.45, 2.75) is 179 Å². The molecule has 8 amide bonds. The van der Waals surface area contributed by atoms with Gasteiger partial charge < -0.3 is 98.6 Å². The molecule has 0 spiro atoms. The van der Waals surface area contributed by atoms with Gasteiger partial charge in [-0.25, -0.2) is 4.79 Å². The van der Waals surface area contributed by atoms with E-state index < -0.39 is 120 Å². The van der Waals surface area contributed by atoms with Crippen LogP contribution >= 0.6 is 0 Å². The molecule has 0 aliphatic carbocycles. The molecule has 0 aromatic carbocycles. The fraction of sp³-hybridized carbons (Fsp3) is 0.766. The molecule has 76 heavy (non-hydrogen) atoms. The van der Waals surface area contributed by atoms with Crippen molar-refractivity contribution in [1.29, 1.82) is 0 Å². The van der Waals surface area contributed by atoms with Gasteiger partial charge in [0.2, 0.25) is 47.3 Å². The topological polar surface area (TPSA) is 523 Å². The fourth-order valence-corrected chi connectivity index (χ4v) is 7.43. The number of nitrogens with two attached hydrogens (primary N) is 8. The lowest BCUT2D eigenvalue weighted by molar-refractivity contribution is -0.143. The number of nitrogens with zero attached hydrogens (tertiary/aromatic N) is 2. The summed E-state index contributed by atoms with van der Waals surface area (Å²) in [4.78, 5) is 130. The summed E-state index contributed by atoms with van der Waals surface area (Å²) in [5.41, 5.74) is 44.7. The van der Waals surface area contributed by atoms with Gasteiger partial charge in [-0.15, -0.1) is 0 Å². The van der Waals surface area contributed by atoms with Crippen LogP contribution in [0.25, 0.3) is 0 Å². The molecule has 0 fully saturated rings. The molecule has 29 heteroatoms. The highest BCUT2D eigenvalue weighted by molar-refractivity contribution is 5.98. The number of aliphatic imine (C=N–C) groups is 2. The number of nitrogens with one attached hydrogen (secondary N) is 8. The van der Waals surface area contributed by atoms with Crippen molar-refractivity contribution in [1.82, 2.24) is 42.5 Å². The Hall–Kier alpha value is -6.43. The number of aliphatic hydroxyl groups excluding tert-OH is 1. The Bertz CT molecular complexity index is 1880. The third-order valence-electron chi connectivity index (χ3n) is 11.8. The number of carbonyl (C=O) groups excluding carboxylic acids is 8. The van der Waals surface area contributed by atoms with Crippen LogP contribution in [0.15, 0.2) is 9.98 Å². The van der Waals surface area contributed by atoms with Crippen LogP contribution in [-0.4, -0.2) is 169 Å². The molecule has 0 unspecified atom stereocenters. The first-order chi connectivity index (χ1) is 35.8. The lowest BCUT2D eigenvalue weighted by atomic mass is 10.0. The largest absolute Gasteiger partial charge is 0.480 e. The van der Waals surface area contributed by atoms with Gasteiger partial charge in [0, 0.05) is 13.1 Å². The van der Waals surface area contributed by atoms with Crippen LogP contribution in [-0.2, 0) is 43.2 Å². The van der Waals surface area contributed by atoms with Crippen molar-refractivity contribution in [3.8, 4) is 0 Å². The number of amides is 8. The standard InChI is InChI=1S/C47H92N18O11/c1-26(2)24-35(45(75)76)64-42(72)32(16-8-11-21-50)61-41(71)33(17-12-22-56-46(52)53)62-39(69)30(14-6-9-19-48)59-37(67)28(5)58-44(74)36(27(3)4)65-43(73)34(18-13-23-57-47(54)55)63-40(70)31(15-7-10-20-49)60-38(68)29(51)25-66/h26-36,66H,6-25,48-51H2,1-5H3,(H,58,74)(H,59,67)(H,60,68)(H,61,71)(H,62,69)(H,63,70)(H,64,72)(H,65,73)(H,75,76)(H4,52,53,56)(H4,54,55,57)/t28-,29-,30-,31-,32-,33-,34-,35-,36-/m0/s1.